The summed E-state index contributed by atoms with van der Waals surface area (Å²) in [7, 11) is 3.57. The number of urea groups is 1. The van der Waals surface area contributed by atoms with Crippen LogP contribution in [0.1, 0.15) is 33.1 Å². The van der Waals surface area contributed by atoms with Crippen molar-refractivity contribution in [1.29, 1.82) is 0 Å². The smallest absolute Gasteiger partial charge is 0.413 e. The molecule has 0 aliphatic carbocycles. The molecule has 3 amide bonds. The number of piperidine rings is 2. The molecule has 14 heteroatoms. The van der Waals surface area contributed by atoms with E-state index in [4.69, 9.17) is 9.47 Å². The van der Waals surface area contributed by atoms with Crippen LogP contribution < -0.4 is 20.3 Å². The molecule has 2 fully saturated rings. The van der Waals surface area contributed by atoms with Gasteiger partial charge in [0, 0.05) is 39.4 Å². The van der Waals surface area contributed by atoms with Gasteiger partial charge in [-0.15, -0.1) is 0 Å². The lowest BCUT2D eigenvalue weighted by atomic mass is 9.94. The van der Waals surface area contributed by atoms with E-state index in [0.717, 1.165) is 25.9 Å². The van der Waals surface area contributed by atoms with E-state index < -0.39 is 29.9 Å². The van der Waals surface area contributed by atoms with Gasteiger partial charge in [0.05, 0.1) is 25.0 Å². The fourth-order valence-corrected chi connectivity index (χ4v) is 4.52. The van der Waals surface area contributed by atoms with Crippen molar-refractivity contribution < 1.29 is 23.5 Å². The van der Waals surface area contributed by atoms with Crippen molar-refractivity contribution in [2.45, 2.75) is 50.9 Å². The molecule has 13 nitrogen and oxygen atoms in total. The summed E-state index contributed by atoms with van der Waals surface area (Å²) in [5, 5.41) is 5.31. The molecule has 0 saturated carbocycles. The summed E-state index contributed by atoms with van der Waals surface area (Å²) in [5.74, 6) is 1.17. The Hall–Kier alpha value is -3.81. The van der Waals surface area contributed by atoms with Crippen LogP contribution in [0.3, 0.4) is 0 Å². The van der Waals surface area contributed by atoms with Crippen LogP contribution in [0.15, 0.2) is 24.7 Å². The Bertz CT molecular complexity index is 1130. The molecule has 2 aromatic rings. The zero-order valence-corrected chi connectivity index (χ0v) is 22.8. The molecule has 2 atom stereocenters. The third kappa shape index (κ3) is 7.40. The zero-order valence-electron chi connectivity index (χ0n) is 22.8. The molecule has 0 radical (unpaired) electrons. The third-order valence-corrected chi connectivity index (χ3v) is 7.01. The predicted molar refractivity (Wildman–Crippen MR) is 143 cm³/mol. The van der Waals surface area contributed by atoms with Gasteiger partial charge >= 0.3 is 12.1 Å². The number of carbonyl (C=O) groups excluding carboxylic acids is 2. The highest BCUT2D eigenvalue weighted by atomic mass is 19.1. The van der Waals surface area contributed by atoms with Gasteiger partial charge in [0.15, 0.2) is 5.82 Å². The van der Waals surface area contributed by atoms with Gasteiger partial charge in [-0.05, 0) is 46.2 Å². The first-order valence-electron chi connectivity index (χ1n) is 13.0. The van der Waals surface area contributed by atoms with E-state index in [1.807, 2.05) is 20.9 Å². The van der Waals surface area contributed by atoms with Crippen molar-refractivity contribution in [2.24, 2.45) is 0 Å². The Kier molecular flexibility index (Phi) is 8.94. The average molecular weight is 546 g/mol. The number of rotatable bonds is 7. The van der Waals surface area contributed by atoms with Gasteiger partial charge in [0.2, 0.25) is 11.8 Å². The lowest BCUT2D eigenvalue weighted by molar-refractivity contribution is -0.0111. The molecule has 0 aromatic carbocycles. The van der Waals surface area contributed by atoms with Crippen LogP contribution in [0.4, 0.5) is 31.6 Å². The van der Waals surface area contributed by atoms with Crippen molar-refractivity contribution in [3.63, 3.8) is 0 Å². The molecule has 0 unspecified atom stereocenters. The Labute approximate surface area is 227 Å². The third-order valence-electron chi connectivity index (χ3n) is 7.01. The first-order chi connectivity index (χ1) is 18.7. The fraction of sp³-hybridized carbons (Fsp3) is 0.600. The fourth-order valence-electron chi connectivity index (χ4n) is 4.52. The number of amides is 3. The standard InChI is InChI=1S/C25H36FN9O4/c1-5-38-21-15-28-20(14-29-21)31-23(36)34(4)18-16-35(11-7-17(18)26)22-27-10-6-19(30-22)32-24(37)39-25(2)8-12-33(3)13-9-25/h6,10,14-15,17-18H,5,7-9,11-13,16H2,1-4H3,(H,28,31,36)(H,27,30,32,37)/t17-,18+/m1/s1. The maximum absolute atomic E-state index is 14.9. The number of nitrogens with zero attached hydrogens (tertiary/aromatic N) is 7. The van der Waals surface area contributed by atoms with Crippen molar-refractivity contribution in [3.8, 4) is 5.88 Å². The summed E-state index contributed by atoms with van der Waals surface area (Å²) in [5.41, 5.74) is -0.537. The number of hydrogen-bond donors (Lipinski definition) is 2. The molecule has 2 aromatic heterocycles. The van der Waals surface area contributed by atoms with Crippen LogP contribution in [0.5, 0.6) is 5.88 Å². The van der Waals surface area contributed by atoms with Crippen LogP contribution in [-0.4, -0.2) is 107 Å². The SMILES string of the molecule is CCOc1cnc(NC(=O)N(C)[C@H]2CN(c3nccc(NC(=O)OC4(C)CCN(C)CC4)n3)CC[C@H]2F)cn1. The number of hydrogen-bond acceptors (Lipinski definition) is 10. The van der Waals surface area contributed by atoms with E-state index >= 15 is 0 Å². The lowest BCUT2D eigenvalue weighted by Gasteiger charge is -2.39. The van der Waals surface area contributed by atoms with E-state index in [1.165, 1.54) is 30.5 Å². The highest BCUT2D eigenvalue weighted by Crippen LogP contribution is 2.26. The van der Waals surface area contributed by atoms with Gasteiger partial charge in [-0.1, -0.05) is 0 Å². The Morgan fingerprint density at radius 3 is 2.62 bits per heavy atom. The van der Waals surface area contributed by atoms with Gasteiger partial charge in [-0.25, -0.2) is 28.9 Å². The number of anilines is 3. The van der Waals surface area contributed by atoms with Gasteiger partial charge in [0.1, 0.15) is 17.6 Å². The topological polar surface area (TPSA) is 138 Å². The zero-order chi connectivity index (χ0) is 28.0. The second kappa shape index (κ2) is 12.4. The van der Waals surface area contributed by atoms with E-state index in [1.54, 1.807) is 11.0 Å². The molecule has 4 rings (SSSR count). The molecule has 2 aliphatic rings. The minimum Gasteiger partial charge on any atom is -0.477 e. The van der Waals surface area contributed by atoms with E-state index in [0.29, 0.717) is 25.0 Å². The number of aromatic nitrogens is 4. The second-order valence-corrected chi connectivity index (χ2v) is 10.0. The van der Waals surface area contributed by atoms with E-state index in [-0.39, 0.29) is 24.6 Å². The van der Waals surface area contributed by atoms with Gasteiger partial charge in [0.25, 0.3) is 0 Å². The first kappa shape index (κ1) is 28.2. The van der Waals surface area contributed by atoms with Crippen molar-refractivity contribution >= 4 is 29.7 Å². The number of alkyl halides is 1. The predicted octanol–water partition coefficient (Wildman–Crippen LogP) is 2.78. The largest absolute Gasteiger partial charge is 0.477 e. The molecule has 0 spiro atoms. The summed E-state index contributed by atoms with van der Waals surface area (Å²) in [6.07, 6.45) is 4.16. The second-order valence-electron chi connectivity index (χ2n) is 10.0. The maximum Gasteiger partial charge on any atom is 0.413 e. The van der Waals surface area contributed by atoms with Gasteiger partial charge in [-0.3, -0.25) is 10.6 Å². The summed E-state index contributed by atoms with van der Waals surface area (Å²) >= 11 is 0. The maximum atomic E-state index is 14.9. The molecule has 4 heterocycles. The molecule has 39 heavy (non-hydrogen) atoms. The molecule has 2 aliphatic heterocycles. The Morgan fingerprint density at radius 2 is 1.92 bits per heavy atom. The summed E-state index contributed by atoms with van der Waals surface area (Å²) in [6, 6.07) is 0.284. The number of halogens is 1. The van der Waals surface area contributed by atoms with Gasteiger partial charge in [-0.2, -0.15) is 4.98 Å². The monoisotopic (exact) mass is 545 g/mol. The normalized spacial score (nSPS) is 21.1. The minimum atomic E-state index is -1.24. The molecular formula is C25H36FN9O4. The highest BCUT2D eigenvalue weighted by Gasteiger charge is 2.36. The van der Waals surface area contributed by atoms with Crippen molar-refractivity contribution in [1.82, 2.24) is 29.7 Å². The number of carbonyl (C=O) groups is 2. The number of nitrogens with one attached hydrogen (secondary N) is 2. The quantitative estimate of drug-likeness (QED) is 0.534. The number of likely N-dealkylation sites (tertiary alicyclic amines) is 1. The summed E-state index contributed by atoms with van der Waals surface area (Å²) in [4.78, 5) is 47.6. The van der Waals surface area contributed by atoms with Crippen LogP contribution in [0.2, 0.25) is 0 Å². The van der Waals surface area contributed by atoms with Crippen molar-refractivity contribution in [2.75, 3.05) is 62.4 Å². The molecule has 0 bridgehead atoms. The van der Waals surface area contributed by atoms with Crippen molar-refractivity contribution in [3.05, 3.63) is 24.7 Å². The average Bonchev–Trinajstić information content (AvgIpc) is 2.91. The molecule has 2 saturated heterocycles. The first-order valence-corrected chi connectivity index (χ1v) is 13.0. The van der Waals surface area contributed by atoms with Crippen LogP contribution in [-0.2, 0) is 4.74 Å². The molecule has 212 valence electrons. The van der Waals surface area contributed by atoms with Crippen LogP contribution in [0, 0.1) is 0 Å². The van der Waals surface area contributed by atoms with Gasteiger partial charge < -0.3 is 24.2 Å². The summed E-state index contributed by atoms with van der Waals surface area (Å²) in [6.45, 7) is 6.44. The highest BCUT2D eigenvalue weighted by molar-refractivity contribution is 5.88. The van der Waals surface area contributed by atoms with Crippen LogP contribution in [0.25, 0.3) is 0 Å². The van der Waals surface area contributed by atoms with E-state index in [9.17, 15) is 14.0 Å². The van der Waals surface area contributed by atoms with Crippen LogP contribution >= 0.6 is 0 Å². The summed E-state index contributed by atoms with van der Waals surface area (Å²) < 4.78 is 25.9. The number of ether oxygens (including phenoxy) is 2. The Morgan fingerprint density at radius 1 is 1.15 bits per heavy atom. The lowest BCUT2D eigenvalue weighted by Crippen LogP contribution is -2.55. The minimum absolute atomic E-state index is 0.166. The molecule has 2 N–H and O–H groups in total. The number of likely N-dealkylation sites (N-methyl/N-ethyl adjacent to an activating group) is 1. The van der Waals surface area contributed by atoms with E-state index in [2.05, 4.69) is 35.5 Å². The molecular weight excluding hydrogens is 509 g/mol. The Balaban J connectivity index is 1.35.